The van der Waals surface area contributed by atoms with Gasteiger partial charge in [0.25, 0.3) is 0 Å². The summed E-state index contributed by atoms with van der Waals surface area (Å²) < 4.78 is 5.95. The number of hydrogen-bond acceptors (Lipinski definition) is 3. The molecule has 2 saturated carbocycles. The van der Waals surface area contributed by atoms with Crippen LogP contribution in [0.25, 0.3) is 0 Å². The van der Waals surface area contributed by atoms with Crippen LogP contribution in [-0.2, 0) is 13.1 Å². The maximum absolute atomic E-state index is 12.5. The van der Waals surface area contributed by atoms with Gasteiger partial charge in [0, 0.05) is 18.2 Å². The Morgan fingerprint density at radius 2 is 2.26 bits per heavy atom. The van der Waals surface area contributed by atoms with E-state index in [0.717, 1.165) is 36.0 Å². The predicted molar refractivity (Wildman–Crippen MR) is 84.6 cm³/mol. The van der Waals surface area contributed by atoms with Gasteiger partial charge in [-0.2, -0.15) is 5.10 Å². The summed E-state index contributed by atoms with van der Waals surface area (Å²) >= 11 is 0. The molecule has 6 nitrogen and oxygen atoms in total. The number of carbonyl (C=O) groups excluding carboxylic acids is 1. The molecule has 2 aliphatic rings. The van der Waals surface area contributed by atoms with Gasteiger partial charge in [-0.1, -0.05) is 6.92 Å². The van der Waals surface area contributed by atoms with E-state index in [1.165, 1.54) is 6.42 Å². The van der Waals surface area contributed by atoms with Crippen LogP contribution in [0.3, 0.4) is 0 Å². The molecule has 2 atom stereocenters. The van der Waals surface area contributed by atoms with Crippen molar-refractivity contribution in [2.75, 3.05) is 0 Å². The lowest BCUT2D eigenvalue weighted by Crippen LogP contribution is -2.40. The van der Waals surface area contributed by atoms with E-state index in [0.29, 0.717) is 25.0 Å². The van der Waals surface area contributed by atoms with Gasteiger partial charge >= 0.3 is 6.03 Å². The molecule has 122 valence electrons. The van der Waals surface area contributed by atoms with Crippen molar-refractivity contribution < 1.29 is 9.21 Å². The molecule has 0 radical (unpaired) electrons. The van der Waals surface area contributed by atoms with E-state index in [9.17, 15) is 4.79 Å². The predicted octanol–water partition coefficient (Wildman–Crippen LogP) is 3.00. The van der Waals surface area contributed by atoms with E-state index >= 15 is 0 Å². The Morgan fingerprint density at radius 1 is 1.43 bits per heavy atom. The van der Waals surface area contributed by atoms with Crippen LogP contribution in [0, 0.1) is 5.92 Å². The molecule has 0 aromatic carbocycles. The third kappa shape index (κ3) is 3.25. The summed E-state index contributed by atoms with van der Waals surface area (Å²) in [5, 5.41) is 9.69. The summed E-state index contributed by atoms with van der Waals surface area (Å²) in [5.74, 6) is 3.25. The van der Waals surface area contributed by atoms with E-state index in [-0.39, 0.29) is 6.03 Å². The Hall–Kier alpha value is -2.24. The number of aromatic nitrogens is 2. The van der Waals surface area contributed by atoms with Gasteiger partial charge in [0.1, 0.15) is 11.5 Å². The molecule has 0 aliphatic heterocycles. The quantitative estimate of drug-likeness (QED) is 0.860. The molecule has 0 saturated heterocycles. The van der Waals surface area contributed by atoms with E-state index in [1.807, 2.05) is 17.0 Å². The number of nitrogens with zero attached hydrogens (tertiary/aromatic N) is 2. The SMILES string of the molecule is C[C@H]1C[C@@H]1c1ccc(CN(C(=O)NCc2ccn[nH]2)C2CC2)o1. The summed E-state index contributed by atoms with van der Waals surface area (Å²) in [4.78, 5) is 14.4. The van der Waals surface area contributed by atoms with Crippen LogP contribution in [0.5, 0.6) is 0 Å². The third-order valence-electron chi connectivity index (χ3n) is 4.72. The van der Waals surface area contributed by atoms with E-state index in [1.54, 1.807) is 6.20 Å². The largest absolute Gasteiger partial charge is 0.464 e. The Labute approximate surface area is 135 Å². The fourth-order valence-corrected chi connectivity index (χ4v) is 2.97. The number of rotatable bonds is 6. The first-order valence-corrected chi connectivity index (χ1v) is 8.32. The van der Waals surface area contributed by atoms with Gasteiger partial charge in [0.05, 0.1) is 18.8 Å². The number of H-pyrrole nitrogens is 1. The van der Waals surface area contributed by atoms with Gasteiger partial charge in [-0.25, -0.2) is 4.79 Å². The van der Waals surface area contributed by atoms with Crippen molar-refractivity contribution >= 4 is 6.03 Å². The van der Waals surface area contributed by atoms with Crippen LogP contribution in [0.1, 0.15) is 49.3 Å². The van der Waals surface area contributed by atoms with Gasteiger partial charge in [-0.3, -0.25) is 5.10 Å². The topological polar surface area (TPSA) is 74.2 Å². The highest BCUT2D eigenvalue weighted by atomic mass is 16.3. The molecule has 2 aliphatic carbocycles. The second-order valence-corrected chi connectivity index (χ2v) is 6.72. The number of furan rings is 1. The maximum Gasteiger partial charge on any atom is 0.318 e. The number of hydrogen-bond donors (Lipinski definition) is 2. The van der Waals surface area contributed by atoms with E-state index in [4.69, 9.17) is 4.42 Å². The minimum absolute atomic E-state index is 0.0418. The van der Waals surface area contributed by atoms with E-state index in [2.05, 4.69) is 28.5 Å². The summed E-state index contributed by atoms with van der Waals surface area (Å²) in [6.07, 6.45) is 5.04. The summed E-state index contributed by atoms with van der Waals surface area (Å²) in [6.45, 7) is 3.25. The van der Waals surface area contributed by atoms with Gasteiger partial charge in [-0.05, 0) is 43.4 Å². The van der Waals surface area contributed by atoms with Crippen molar-refractivity contribution in [1.29, 1.82) is 0 Å². The molecule has 2 aromatic heterocycles. The minimum atomic E-state index is -0.0418. The first kappa shape index (κ1) is 14.4. The molecule has 4 rings (SSSR count). The van der Waals surface area contributed by atoms with Crippen molar-refractivity contribution in [2.45, 2.75) is 51.2 Å². The summed E-state index contributed by atoms with van der Waals surface area (Å²) in [7, 11) is 0. The van der Waals surface area contributed by atoms with Crippen molar-refractivity contribution in [1.82, 2.24) is 20.4 Å². The Bertz CT molecular complexity index is 675. The lowest BCUT2D eigenvalue weighted by molar-refractivity contribution is 0.186. The number of urea groups is 1. The monoisotopic (exact) mass is 314 g/mol. The van der Waals surface area contributed by atoms with Crippen molar-refractivity contribution in [3.63, 3.8) is 0 Å². The Kier molecular flexibility index (Phi) is 3.59. The van der Waals surface area contributed by atoms with Crippen LogP contribution < -0.4 is 5.32 Å². The lowest BCUT2D eigenvalue weighted by Gasteiger charge is -2.21. The zero-order chi connectivity index (χ0) is 15.8. The summed E-state index contributed by atoms with van der Waals surface area (Å²) in [5.41, 5.74) is 0.900. The average molecular weight is 314 g/mol. The van der Waals surface area contributed by atoms with Gasteiger partial charge in [-0.15, -0.1) is 0 Å². The molecule has 23 heavy (non-hydrogen) atoms. The van der Waals surface area contributed by atoms with Gasteiger partial charge in [0.2, 0.25) is 0 Å². The average Bonchev–Trinajstić information content (AvgIpc) is 3.40. The molecular formula is C17H22N4O2. The third-order valence-corrected chi connectivity index (χ3v) is 4.72. The van der Waals surface area contributed by atoms with Gasteiger partial charge < -0.3 is 14.6 Å². The number of aromatic amines is 1. The smallest absolute Gasteiger partial charge is 0.318 e. The molecule has 6 heteroatoms. The fourth-order valence-electron chi connectivity index (χ4n) is 2.97. The molecule has 2 aromatic rings. The van der Waals surface area contributed by atoms with Crippen molar-refractivity contribution in [3.05, 3.63) is 41.6 Å². The molecule has 0 bridgehead atoms. The normalized spacial score (nSPS) is 22.8. The highest BCUT2D eigenvalue weighted by Crippen LogP contribution is 2.47. The molecule has 0 spiro atoms. The molecule has 2 amide bonds. The number of amides is 2. The van der Waals surface area contributed by atoms with Crippen LogP contribution >= 0.6 is 0 Å². The first-order chi connectivity index (χ1) is 11.2. The second kappa shape index (κ2) is 5.76. The molecule has 2 fully saturated rings. The highest BCUT2D eigenvalue weighted by molar-refractivity contribution is 5.74. The summed E-state index contributed by atoms with van der Waals surface area (Å²) in [6, 6.07) is 6.23. The highest BCUT2D eigenvalue weighted by Gasteiger charge is 2.37. The van der Waals surface area contributed by atoms with Crippen molar-refractivity contribution in [2.24, 2.45) is 5.92 Å². The number of nitrogens with one attached hydrogen (secondary N) is 2. The molecular weight excluding hydrogens is 292 g/mol. The molecule has 2 N–H and O–H groups in total. The fraction of sp³-hybridized carbons (Fsp3) is 0.529. The van der Waals surface area contributed by atoms with E-state index < -0.39 is 0 Å². The zero-order valence-electron chi connectivity index (χ0n) is 13.3. The van der Waals surface area contributed by atoms with Crippen LogP contribution in [0.15, 0.2) is 28.8 Å². The second-order valence-electron chi connectivity index (χ2n) is 6.72. The first-order valence-electron chi connectivity index (χ1n) is 8.32. The maximum atomic E-state index is 12.5. The molecule has 0 unspecified atom stereocenters. The van der Waals surface area contributed by atoms with Crippen molar-refractivity contribution in [3.8, 4) is 0 Å². The molecule has 2 heterocycles. The van der Waals surface area contributed by atoms with Crippen LogP contribution in [0.2, 0.25) is 0 Å². The lowest BCUT2D eigenvalue weighted by atomic mass is 10.3. The van der Waals surface area contributed by atoms with Gasteiger partial charge in [0.15, 0.2) is 0 Å². The standard InChI is InChI=1S/C17H22N4O2/c1-11-8-15(11)16-5-4-14(23-16)10-21(13-2-3-13)17(22)18-9-12-6-7-19-20-12/h4-7,11,13,15H,2-3,8-10H2,1H3,(H,18,22)(H,19,20)/t11-,15-/m0/s1. The van der Waals surface area contributed by atoms with Crippen LogP contribution in [-0.4, -0.2) is 27.2 Å². The zero-order valence-corrected chi connectivity index (χ0v) is 13.3. The van der Waals surface area contributed by atoms with Crippen LogP contribution in [0.4, 0.5) is 4.79 Å². The Balaban J connectivity index is 1.37. The number of carbonyl (C=O) groups is 1. The Morgan fingerprint density at radius 3 is 2.91 bits per heavy atom. The minimum Gasteiger partial charge on any atom is -0.464 e.